The fourth-order valence-electron chi connectivity index (χ4n) is 3.67. The number of benzene rings is 2. The van der Waals surface area contributed by atoms with Gasteiger partial charge in [-0.1, -0.05) is 17.2 Å². The van der Waals surface area contributed by atoms with Gasteiger partial charge in [0.1, 0.15) is 6.61 Å². The van der Waals surface area contributed by atoms with Crippen molar-refractivity contribution >= 4 is 17.7 Å². The summed E-state index contributed by atoms with van der Waals surface area (Å²) in [5.41, 5.74) is 5.49. The normalized spacial score (nSPS) is 15.1. The standard InChI is InChI=1S/C25H31N3O5/c1-14-10-15(2)12-17(11-14)23(30)28(27-25(4,5)6)24(31)18-8-9-19-21(16(18)3)33-20(13-32-19)22(29)26-7/h8-12,20,27H,13H2,1-7H3,(H,26,29). The van der Waals surface area contributed by atoms with E-state index in [1.165, 1.54) is 7.05 Å². The molecular formula is C25H31N3O5. The minimum atomic E-state index is -0.827. The van der Waals surface area contributed by atoms with E-state index in [-0.39, 0.29) is 18.1 Å². The van der Waals surface area contributed by atoms with Crippen molar-refractivity contribution in [1.82, 2.24) is 15.8 Å². The Morgan fingerprint density at radius 1 is 1.00 bits per heavy atom. The van der Waals surface area contributed by atoms with Gasteiger partial charge in [0, 0.05) is 29.3 Å². The van der Waals surface area contributed by atoms with Crippen LogP contribution in [0.5, 0.6) is 11.5 Å². The first kappa shape index (κ1) is 24.3. The molecule has 0 spiro atoms. The molecule has 33 heavy (non-hydrogen) atoms. The van der Waals surface area contributed by atoms with Gasteiger partial charge < -0.3 is 14.8 Å². The number of aryl methyl sites for hydroxylation is 2. The Balaban J connectivity index is 2.02. The van der Waals surface area contributed by atoms with Crippen molar-refractivity contribution in [3.63, 3.8) is 0 Å². The van der Waals surface area contributed by atoms with Crippen molar-refractivity contribution in [2.24, 2.45) is 0 Å². The summed E-state index contributed by atoms with van der Waals surface area (Å²) < 4.78 is 11.5. The summed E-state index contributed by atoms with van der Waals surface area (Å²) in [6.45, 7) is 11.2. The monoisotopic (exact) mass is 453 g/mol. The van der Waals surface area contributed by atoms with E-state index in [1.807, 2.05) is 40.7 Å². The van der Waals surface area contributed by atoms with E-state index >= 15 is 0 Å². The Morgan fingerprint density at radius 3 is 2.21 bits per heavy atom. The molecule has 0 fully saturated rings. The number of imide groups is 1. The van der Waals surface area contributed by atoms with Crippen LogP contribution in [0, 0.1) is 20.8 Å². The van der Waals surface area contributed by atoms with E-state index < -0.39 is 23.5 Å². The van der Waals surface area contributed by atoms with Crippen LogP contribution in [0.3, 0.4) is 0 Å². The molecule has 8 heteroatoms. The number of ether oxygens (including phenoxy) is 2. The molecule has 8 nitrogen and oxygen atoms in total. The molecule has 176 valence electrons. The molecule has 3 amide bonds. The predicted octanol–water partition coefficient (Wildman–Crippen LogP) is 3.08. The number of likely N-dealkylation sites (N-methyl/N-ethyl adjacent to an activating group) is 1. The molecule has 1 atom stereocenters. The number of carbonyl (C=O) groups is 3. The minimum absolute atomic E-state index is 0.0717. The molecule has 2 N–H and O–H groups in total. The zero-order valence-electron chi connectivity index (χ0n) is 20.2. The maximum atomic E-state index is 13.7. The zero-order chi connectivity index (χ0) is 24.5. The highest BCUT2D eigenvalue weighted by molar-refractivity contribution is 6.11. The van der Waals surface area contributed by atoms with Crippen molar-refractivity contribution < 1.29 is 23.9 Å². The van der Waals surface area contributed by atoms with Gasteiger partial charge in [-0.25, -0.2) is 10.4 Å². The third-order valence-corrected chi connectivity index (χ3v) is 5.11. The molecule has 0 saturated carbocycles. The molecule has 3 rings (SSSR count). The highest BCUT2D eigenvalue weighted by Crippen LogP contribution is 2.37. The summed E-state index contributed by atoms with van der Waals surface area (Å²) in [6.07, 6.45) is -0.827. The number of fused-ring (bicyclic) bond motifs is 1. The van der Waals surface area contributed by atoms with Gasteiger partial charge in [0.15, 0.2) is 11.5 Å². The number of rotatable bonds is 4. The second kappa shape index (κ2) is 9.23. The van der Waals surface area contributed by atoms with Crippen LogP contribution in [-0.2, 0) is 4.79 Å². The summed E-state index contributed by atoms with van der Waals surface area (Å²) in [6, 6.07) is 8.70. The maximum absolute atomic E-state index is 13.7. The van der Waals surface area contributed by atoms with Gasteiger partial charge in [-0.2, -0.15) is 0 Å². The van der Waals surface area contributed by atoms with Gasteiger partial charge >= 0.3 is 0 Å². The number of hydrazine groups is 1. The van der Waals surface area contributed by atoms with Gasteiger partial charge in [0.25, 0.3) is 17.7 Å². The van der Waals surface area contributed by atoms with E-state index in [0.29, 0.717) is 22.6 Å². The highest BCUT2D eigenvalue weighted by Gasteiger charge is 2.33. The van der Waals surface area contributed by atoms with Gasteiger partial charge in [-0.15, -0.1) is 0 Å². The lowest BCUT2D eigenvalue weighted by atomic mass is 10.0. The Morgan fingerprint density at radius 2 is 1.64 bits per heavy atom. The Labute approximate surface area is 194 Å². The molecule has 1 aliphatic heterocycles. The topological polar surface area (TPSA) is 97.0 Å². The molecule has 2 aromatic rings. The number of hydrogen-bond acceptors (Lipinski definition) is 6. The predicted molar refractivity (Wildman–Crippen MR) is 124 cm³/mol. The average molecular weight is 454 g/mol. The van der Waals surface area contributed by atoms with E-state index in [0.717, 1.165) is 16.1 Å². The molecular weight excluding hydrogens is 422 g/mol. The van der Waals surface area contributed by atoms with Crippen molar-refractivity contribution in [3.8, 4) is 11.5 Å². The van der Waals surface area contributed by atoms with Gasteiger partial charge in [-0.05, 0) is 65.8 Å². The van der Waals surface area contributed by atoms with Crippen LogP contribution >= 0.6 is 0 Å². The third kappa shape index (κ3) is 5.34. The number of amides is 3. The maximum Gasteiger partial charge on any atom is 0.275 e. The molecule has 1 heterocycles. The third-order valence-electron chi connectivity index (χ3n) is 5.11. The number of nitrogens with zero attached hydrogens (tertiary/aromatic N) is 1. The molecule has 2 aromatic carbocycles. The molecule has 0 saturated heterocycles. The quantitative estimate of drug-likeness (QED) is 0.546. The molecule has 0 radical (unpaired) electrons. The van der Waals surface area contributed by atoms with Crippen molar-refractivity contribution in [3.05, 3.63) is 58.1 Å². The van der Waals surface area contributed by atoms with Crippen LogP contribution in [0.1, 0.15) is 58.2 Å². The summed E-state index contributed by atoms with van der Waals surface area (Å²) in [4.78, 5) is 39.1. The first-order valence-electron chi connectivity index (χ1n) is 10.8. The van der Waals surface area contributed by atoms with E-state index in [9.17, 15) is 14.4 Å². The lowest BCUT2D eigenvalue weighted by Crippen LogP contribution is -2.55. The number of hydrogen-bond donors (Lipinski definition) is 2. The van der Waals surface area contributed by atoms with Gasteiger partial charge in [0.05, 0.1) is 0 Å². The summed E-state index contributed by atoms with van der Waals surface area (Å²) in [7, 11) is 1.52. The first-order valence-corrected chi connectivity index (χ1v) is 10.8. The SMILES string of the molecule is CNC(=O)C1COc2ccc(C(=O)N(NC(C)(C)C)C(=O)c3cc(C)cc(C)c3)c(C)c2O1. The van der Waals surface area contributed by atoms with Crippen molar-refractivity contribution in [2.45, 2.75) is 53.2 Å². The van der Waals surface area contributed by atoms with Crippen LogP contribution in [0.15, 0.2) is 30.3 Å². The van der Waals surface area contributed by atoms with Crippen molar-refractivity contribution in [2.75, 3.05) is 13.7 Å². The summed E-state index contributed by atoms with van der Waals surface area (Å²) >= 11 is 0. The lowest BCUT2D eigenvalue weighted by Gasteiger charge is -2.31. The van der Waals surface area contributed by atoms with Gasteiger partial charge in [0.2, 0.25) is 6.10 Å². The largest absolute Gasteiger partial charge is 0.485 e. The van der Waals surface area contributed by atoms with E-state index in [1.54, 1.807) is 31.2 Å². The smallest absolute Gasteiger partial charge is 0.275 e. The Bertz CT molecular complexity index is 1080. The Kier molecular flexibility index (Phi) is 6.78. The highest BCUT2D eigenvalue weighted by atomic mass is 16.6. The van der Waals surface area contributed by atoms with Crippen LogP contribution in [0.2, 0.25) is 0 Å². The van der Waals surface area contributed by atoms with Gasteiger partial charge in [-0.3, -0.25) is 14.4 Å². The van der Waals surface area contributed by atoms with Crippen LogP contribution in [-0.4, -0.2) is 48.0 Å². The average Bonchev–Trinajstić information content (AvgIpc) is 2.75. The van der Waals surface area contributed by atoms with Crippen molar-refractivity contribution in [1.29, 1.82) is 0 Å². The van der Waals surface area contributed by atoms with Crippen LogP contribution in [0.4, 0.5) is 0 Å². The zero-order valence-corrected chi connectivity index (χ0v) is 20.2. The van der Waals surface area contributed by atoms with Crippen LogP contribution < -0.4 is 20.2 Å². The molecule has 0 aliphatic carbocycles. The van der Waals surface area contributed by atoms with Crippen LogP contribution in [0.25, 0.3) is 0 Å². The second-order valence-electron chi connectivity index (χ2n) is 9.28. The summed E-state index contributed by atoms with van der Waals surface area (Å²) in [5.74, 6) is -0.549. The number of nitrogens with one attached hydrogen (secondary N) is 2. The summed E-state index contributed by atoms with van der Waals surface area (Å²) in [5, 5.41) is 3.58. The first-order chi connectivity index (χ1) is 15.4. The molecule has 0 aromatic heterocycles. The molecule has 1 unspecified atom stereocenters. The van der Waals surface area contributed by atoms with E-state index in [4.69, 9.17) is 9.47 Å². The number of carbonyl (C=O) groups excluding carboxylic acids is 3. The molecule has 1 aliphatic rings. The Hall–Kier alpha value is -3.39. The lowest BCUT2D eigenvalue weighted by molar-refractivity contribution is -0.129. The fourth-order valence-corrected chi connectivity index (χ4v) is 3.67. The molecule has 0 bridgehead atoms. The van der Waals surface area contributed by atoms with E-state index in [2.05, 4.69) is 10.7 Å². The second-order valence-corrected chi connectivity index (χ2v) is 9.28. The minimum Gasteiger partial charge on any atom is -0.485 e. The fraction of sp³-hybridized carbons (Fsp3) is 0.400.